The lowest BCUT2D eigenvalue weighted by atomic mass is 9.97. The van der Waals surface area contributed by atoms with Crippen molar-refractivity contribution >= 4 is 41.7 Å². The molecule has 0 aromatic heterocycles. The van der Waals surface area contributed by atoms with E-state index in [-0.39, 0.29) is 24.4 Å². The number of rotatable bonds is 2. The SMILES string of the molecule is Cl.O=C(C1CCSCC1)N1CCNCC1c1cccc(Cl)c1. The molecular formula is C16H22Cl2N2OS. The van der Waals surface area contributed by atoms with Crippen LogP contribution in [0, 0.1) is 5.92 Å². The van der Waals surface area contributed by atoms with Gasteiger partial charge in [0.1, 0.15) is 0 Å². The third-order valence-corrected chi connectivity index (χ3v) is 5.61. The topological polar surface area (TPSA) is 32.3 Å². The van der Waals surface area contributed by atoms with E-state index in [0.717, 1.165) is 54.6 Å². The molecule has 2 saturated heterocycles. The standard InChI is InChI=1S/C16H21ClN2OS.ClH/c17-14-3-1-2-13(10-14)15-11-18-6-7-19(15)16(20)12-4-8-21-9-5-12;/h1-3,10,12,15,18H,4-9,11H2;1H. The quantitative estimate of drug-likeness (QED) is 0.877. The maximum atomic E-state index is 12.9. The summed E-state index contributed by atoms with van der Waals surface area (Å²) in [6.07, 6.45) is 2.05. The normalized spacial score (nSPS) is 23.0. The van der Waals surface area contributed by atoms with Crippen LogP contribution in [0.4, 0.5) is 0 Å². The Hall–Kier alpha value is -0.420. The molecule has 0 spiro atoms. The summed E-state index contributed by atoms with van der Waals surface area (Å²) in [5.74, 6) is 2.78. The number of benzene rings is 1. The number of thioether (sulfide) groups is 1. The van der Waals surface area contributed by atoms with Crippen LogP contribution >= 0.6 is 35.8 Å². The van der Waals surface area contributed by atoms with Gasteiger partial charge in [-0.15, -0.1) is 12.4 Å². The molecule has 0 radical (unpaired) electrons. The zero-order valence-corrected chi connectivity index (χ0v) is 14.9. The van der Waals surface area contributed by atoms with Gasteiger partial charge in [-0.05, 0) is 42.0 Å². The van der Waals surface area contributed by atoms with Gasteiger partial charge < -0.3 is 10.2 Å². The summed E-state index contributed by atoms with van der Waals surface area (Å²) in [7, 11) is 0. The van der Waals surface area contributed by atoms with Crippen LogP contribution in [0.15, 0.2) is 24.3 Å². The summed E-state index contributed by atoms with van der Waals surface area (Å²) in [6, 6.07) is 8.01. The van der Waals surface area contributed by atoms with Gasteiger partial charge in [-0.1, -0.05) is 23.7 Å². The molecule has 1 N–H and O–H groups in total. The van der Waals surface area contributed by atoms with Gasteiger partial charge in [-0.2, -0.15) is 11.8 Å². The second kappa shape index (κ2) is 8.44. The number of carbonyl (C=O) groups is 1. The second-order valence-corrected chi connectivity index (χ2v) is 7.35. The summed E-state index contributed by atoms with van der Waals surface area (Å²) in [6.45, 7) is 2.48. The molecule has 1 unspecified atom stereocenters. The van der Waals surface area contributed by atoms with E-state index in [1.54, 1.807) is 0 Å². The first-order valence-corrected chi connectivity index (χ1v) is 9.13. The van der Waals surface area contributed by atoms with Crippen LogP contribution in [-0.4, -0.2) is 41.9 Å². The van der Waals surface area contributed by atoms with E-state index in [1.165, 1.54) is 0 Å². The number of halogens is 2. The van der Waals surface area contributed by atoms with Crippen molar-refractivity contribution in [3.8, 4) is 0 Å². The van der Waals surface area contributed by atoms with Crippen LogP contribution in [-0.2, 0) is 4.79 Å². The largest absolute Gasteiger partial charge is 0.333 e. The Kier molecular flexibility index (Phi) is 6.87. The van der Waals surface area contributed by atoms with E-state index in [1.807, 2.05) is 30.0 Å². The minimum absolute atomic E-state index is 0. The number of nitrogens with one attached hydrogen (secondary N) is 1. The predicted molar refractivity (Wildman–Crippen MR) is 96.1 cm³/mol. The molecule has 0 aliphatic carbocycles. The molecule has 1 amide bonds. The Morgan fingerprint density at radius 3 is 2.82 bits per heavy atom. The lowest BCUT2D eigenvalue weighted by molar-refractivity contribution is -0.139. The first kappa shape index (κ1) is 17.9. The molecule has 1 atom stereocenters. The fourth-order valence-corrected chi connectivity index (χ4v) is 4.46. The summed E-state index contributed by atoms with van der Waals surface area (Å²) >= 11 is 8.07. The van der Waals surface area contributed by atoms with Crippen molar-refractivity contribution in [2.75, 3.05) is 31.1 Å². The van der Waals surface area contributed by atoms with Gasteiger partial charge in [-0.25, -0.2) is 0 Å². The number of nitrogens with zero attached hydrogens (tertiary/aromatic N) is 1. The number of carbonyl (C=O) groups excluding carboxylic acids is 1. The highest BCUT2D eigenvalue weighted by Gasteiger charge is 2.32. The lowest BCUT2D eigenvalue weighted by Crippen LogP contribution is -2.50. The Bertz CT molecular complexity index is 509. The first-order valence-electron chi connectivity index (χ1n) is 7.60. The molecule has 1 aromatic carbocycles. The molecule has 22 heavy (non-hydrogen) atoms. The lowest BCUT2D eigenvalue weighted by Gasteiger charge is -2.39. The molecule has 0 bridgehead atoms. The highest BCUT2D eigenvalue weighted by Crippen LogP contribution is 2.30. The van der Waals surface area contributed by atoms with Crippen LogP contribution < -0.4 is 5.32 Å². The molecule has 2 fully saturated rings. The highest BCUT2D eigenvalue weighted by atomic mass is 35.5. The molecule has 0 saturated carbocycles. The second-order valence-electron chi connectivity index (χ2n) is 5.69. The third-order valence-electron chi connectivity index (χ3n) is 4.33. The molecule has 3 rings (SSSR count). The Morgan fingerprint density at radius 1 is 1.32 bits per heavy atom. The molecule has 2 aliphatic heterocycles. The highest BCUT2D eigenvalue weighted by molar-refractivity contribution is 7.99. The first-order chi connectivity index (χ1) is 10.3. The molecule has 6 heteroatoms. The average molecular weight is 361 g/mol. The zero-order chi connectivity index (χ0) is 14.7. The summed E-state index contributed by atoms with van der Waals surface area (Å²) < 4.78 is 0. The van der Waals surface area contributed by atoms with Gasteiger partial charge in [0, 0.05) is 30.6 Å². The predicted octanol–water partition coefficient (Wildman–Crippen LogP) is 3.38. The smallest absolute Gasteiger partial charge is 0.226 e. The monoisotopic (exact) mass is 360 g/mol. The fourth-order valence-electron chi connectivity index (χ4n) is 3.16. The minimum atomic E-state index is 0. The molecule has 3 nitrogen and oxygen atoms in total. The Labute approximate surface area is 147 Å². The maximum absolute atomic E-state index is 12.9. The number of hydrogen-bond donors (Lipinski definition) is 1. The van der Waals surface area contributed by atoms with Crippen LogP contribution in [0.25, 0.3) is 0 Å². The van der Waals surface area contributed by atoms with E-state index >= 15 is 0 Å². The van der Waals surface area contributed by atoms with Crippen molar-refractivity contribution in [2.45, 2.75) is 18.9 Å². The van der Waals surface area contributed by atoms with Gasteiger partial charge in [-0.3, -0.25) is 4.79 Å². The molecule has 122 valence electrons. The van der Waals surface area contributed by atoms with Gasteiger partial charge >= 0.3 is 0 Å². The van der Waals surface area contributed by atoms with Crippen LogP contribution in [0.2, 0.25) is 5.02 Å². The average Bonchev–Trinajstić information content (AvgIpc) is 2.55. The van der Waals surface area contributed by atoms with Crippen molar-refractivity contribution in [3.63, 3.8) is 0 Å². The Morgan fingerprint density at radius 2 is 2.09 bits per heavy atom. The van der Waals surface area contributed by atoms with E-state index in [9.17, 15) is 4.79 Å². The number of piperazine rings is 1. The van der Waals surface area contributed by atoms with Crippen molar-refractivity contribution in [1.82, 2.24) is 10.2 Å². The van der Waals surface area contributed by atoms with Gasteiger partial charge in [0.05, 0.1) is 6.04 Å². The van der Waals surface area contributed by atoms with Gasteiger partial charge in [0.15, 0.2) is 0 Å². The number of hydrogen-bond acceptors (Lipinski definition) is 3. The van der Waals surface area contributed by atoms with Crippen molar-refractivity contribution in [3.05, 3.63) is 34.9 Å². The van der Waals surface area contributed by atoms with Crippen LogP contribution in [0.3, 0.4) is 0 Å². The molecule has 2 heterocycles. The van der Waals surface area contributed by atoms with E-state index in [4.69, 9.17) is 11.6 Å². The van der Waals surface area contributed by atoms with Gasteiger partial charge in [0.25, 0.3) is 0 Å². The van der Waals surface area contributed by atoms with Gasteiger partial charge in [0.2, 0.25) is 5.91 Å². The maximum Gasteiger partial charge on any atom is 0.226 e. The molecule has 1 aromatic rings. The summed E-state index contributed by atoms with van der Waals surface area (Å²) in [5, 5.41) is 4.14. The van der Waals surface area contributed by atoms with E-state index < -0.39 is 0 Å². The number of amides is 1. The fraction of sp³-hybridized carbons (Fsp3) is 0.562. The molecule has 2 aliphatic rings. The van der Waals surface area contributed by atoms with E-state index in [2.05, 4.69) is 16.3 Å². The minimum Gasteiger partial charge on any atom is -0.333 e. The van der Waals surface area contributed by atoms with Crippen LogP contribution in [0.1, 0.15) is 24.4 Å². The van der Waals surface area contributed by atoms with Crippen molar-refractivity contribution in [1.29, 1.82) is 0 Å². The summed E-state index contributed by atoms with van der Waals surface area (Å²) in [5.41, 5.74) is 1.13. The van der Waals surface area contributed by atoms with E-state index in [0.29, 0.717) is 5.91 Å². The third kappa shape index (κ3) is 4.10. The van der Waals surface area contributed by atoms with Crippen LogP contribution in [0.5, 0.6) is 0 Å². The zero-order valence-electron chi connectivity index (χ0n) is 12.5. The molecular weight excluding hydrogens is 339 g/mol. The van der Waals surface area contributed by atoms with Crippen molar-refractivity contribution in [2.24, 2.45) is 5.92 Å². The van der Waals surface area contributed by atoms with Crippen molar-refractivity contribution < 1.29 is 4.79 Å². The summed E-state index contributed by atoms with van der Waals surface area (Å²) in [4.78, 5) is 14.9. The Balaban J connectivity index is 0.00000176.